The number of hydrogen-bond donors (Lipinski definition) is 0. The van der Waals surface area contributed by atoms with Crippen LogP contribution in [0.3, 0.4) is 0 Å². The van der Waals surface area contributed by atoms with Crippen LogP contribution in [-0.4, -0.2) is 30.9 Å². The van der Waals surface area contributed by atoms with Crippen molar-refractivity contribution in [2.24, 2.45) is 20.0 Å². The number of hydrogen-bond acceptors (Lipinski definition) is 4. The van der Waals surface area contributed by atoms with E-state index >= 15 is 0 Å². The van der Waals surface area contributed by atoms with Gasteiger partial charge in [0.05, 0.1) is 45.6 Å². The van der Waals surface area contributed by atoms with Gasteiger partial charge in [-0.05, 0) is 182 Å². The molecule has 0 spiro atoms. The van der Waals surface area contributed by atoms with E-state index in [1.54, 1.807) is 0 Å². The molecule has 0 radical (unpaired) electrons. The van der Waals surface area contributed by atoms with Gasteiger partial charge >= 0.3 is 0 Å². The fourth-order valence-electron chi connectivity index (χ4n) is 9.00. The van der Waals surface area contributed by atoms with Crippen LogP contribution in [0.1, 0.15) is 61.2 Å². The molecule has 5 aliphatic heterocycles. The van der Waals surface area contributed by atoms with E-state index in [0.717, 1.165) is 99.3 Å². The number of fused-ring (bicyclic) bond motifs is 4. The Balaban J connectivity index is 1.39. The Morgan fingerprint density at radius 2 is 0.820 bits per heavy atom. The van der Waals surface area contributed by atoms with Crippen molar-refractivity contribution >= 4 is 75.8 Å². The summed E-state index contributed by atoms with van der Waals surface area (Å²) in [6.07, 6.45) is 17.2. The van der Waals surface area contributed by atoms with Crippen molar-refractivity contribution in [3.05, 3.63) is 209 Å². The Kier molecular flexibility index (Phi) is 10.5. The SMILES string of the molecule is Cc1cc(C)c(C2=C3C=CC(=N3)C(c3cccc(C#C[Si](C)(C)C)c3)=C3C=CC(=N3)C(c3c(C)cc(C)cc3C)=C3C=CC(=N3)C(c3cccc(I)c3)=C3C=CC2=N3)c(C)c1. The van der Waals surface area contributed by atoms with Gasteiger partial charge in [-0.2, -0.15) is 0 Å². The number of halogens is 1. The predicted molar refractivity (Wildman–Crippen MR) is 271 cm³/mol. The Morgan fingerprint density at radius 1 is 0.443 bits per heavy atom. The quantitative estimate of drug-likeness (QED) is 0.111. The van der Waals surface area contributed by atoms with Crippen LogP contribution < -0.4 is 0 Å². The highest BCUT2D eigenvalue weighted by Crippen LogP contribution is 2.41. The van der Waals surface area contributed by atoms with Gasteiger partial charge in [0.15, 0.2) is 0 Å². The second kappa shape index (κ2) is 15.8. The summed E-state index contributed by atoms with van der Waals surface area (Å²) in [6.45, 7) is 19.9. The molecule has 0 amide bonds. The van der Waals surface area contributed by atoms with Crippen molar-refractivity contribution in [3.63, 3.8) is 0 Å². The van der Waals surface area contributed by atoms with Gasteiger partial charge < -0.3 is 0 Å². The van der Waals surface area contributed by atoms with Crippen LogP contribution >= 0.6 is 22.6 Å². The maximum absolute atomic E-state index is 5.55. The molecule has 0 fully saturated rings. The number of aliphatic imine (C=N–C) groups is 4. The van der Waals surface area contributed by atoms with Crippen molar-refractivity contribution in [3.8, 4) is 11.5 Å². The maximum atomic E-state index is 5.55. The summed E-state index contributed by atoms with van der Waals surface area (Å²) >= 11 is 2.39. The zero-order valence-corrected chi connectivity index (χ0v) is 39.4. The zero-order chi connectivity index (χ0) is 42.7. The summed E-state index contributed by atoms with van der Waals surface area (Å²) in [7, 11) is -1.61. The van der Waals surface area contributed by atoms with Crippen LogP contribution in [0.5, 0.6) is 0 Å². The molecular formula is C55H47IN4Si. The molecule has 0 N–H and O–H groups in total. The average Bonchev–Trinajstić information content (AvgIpc) is 4.03. The van der Waals surface area contributed by atoms with E-state index in [2.05, 4.69) is 217 Å². The molecule has 8 bridgehead atoms. The van der Waals surface area contributed by atoms with E-state index in [1.165, 1.54) is 33.4 Å². The van der Waals surface area contributed by atoms with Crippen molar-refractivity contribution in [1.29, 1.82) is 0 Å². The Bertz CT molecular complexity index is 3010. The van der Waals surface area contributed by atoms with Crippen molar-refractivity contribution < 1.29 is 0 Å². The second-order valence-electron chi connectivity index (χ2n) is 17.5. The first kappa shape index (κ1) is 40.4. The first-order chi connectivity index (χ1) is 29.2. The highest BCUT2D eigenvalue weighted by atomic mass is 127. The lowest BCUT2D eigenvalue weighted by molar-refractivity contribution is 1.28. The van der Waals surface area contributed by atoms with E-state index in [4.69, 9.17) is 20.0 Å². The van der Waals surface area contributed by atoms with Gasteiger partial charge in [-0.25, -0.2) is 20.0 Å². The van der Waals surface area contributed by atoms with Crippen molar-refractivity contribution in [2.75, 3.05) is 0 Å². The highest BCUT2D eigenvalue weighted by Gasteiger charge is 2.29. The first-order valence-corrected chi connectivity index (χ1v) is 25.4. The minimum atomic E-state index is -1.61. The molecule has 4 aromatic rings. The van der Waals surface area contributed by atoms with Crippen LogP contribution in [0.2, 0.25) is 19.6 Å². The molecule has 9 rings (SSSR count). The van der Waals surface area contributed by atoms with Gasteiger partial charge in [0.2, 0.25) is 0 Å². The number of nitrogens with zero attached hydrogens (tertiary/aromatic N) is 4. The summed E-state index contributed by atoms with van der Waals surface area (Å²) in [6, 6.07) is 26.2. The van der Waals surface area contributed by atoms with E-state index in [-0.39, 0.29) is 0 Å². The lowest BCUT2D eigenvalue weighted by Crippen LogP contribution is -2.16. The first-order valence-electron chi connectivity index (χ1n) is 20.8. The maximum Gasteiger partial charge on any atom is 0.129 e. The Hall–Kier alpha value is -6.01. The van der Waals surface area contributed by atoms with Crippen LogP contribution in [0.4, 0.5) is 0 Å². The van der Waals surface area contributed by atoms with E-state index < -0.39 is 8.07 Å². The average molecular weight is 919 g/mol. The molecule has 0 aliphatic carbocycles. The highest BCUT2D eigenvalue weighted by molar-refractivity contribution is 14.1. The lowest BCUT2D eigenvalue weighted by atomic mass is 9.90. The Labute approximate surface area is 375 Å². The normalized spacial score (nSPS) is 16.8. The molecule has 5 heterocycles. The molecule has 0 saturated carbocycles. The van der Waals surface area contributed by atoms with Gasteiger partial charge in [0, 0.05) is 31.4 Å². The number of aryl methyl sites for hydroxylation is 6. The third-order valence-corrected chi connectivity index (χ3v) is 12.9. The van der Waals surface area contributed by atoms with Gasteiger partial charge in [0.1, 0.15) is 8.07 Å². The van der Waals surface area contributed by atoms with E-state index in [1.807, 2.05) is 0 Å². The lowest BCUT2D eigenvalue weighted by Gasteiger charge is -2.17. The topological polar surface area (TPSA) is 49.4 Å². The van der Waals surface area contributed by atoms with E-state index in [0.29, 0.717) is 0 Å². The summed E-state index contributed by atoms with van der Waals surface area (Å²) in [5, 5.41) is 0. The molecule has 0 saturated heterocycles. The van der Waals surface area contributed by atoms with Crippen LogP contribution in [0.15, 0.2) is 164 Å². The summed E-state index contributed by atoms with van der Waals surface area (Å²) < 4.78 is 1.15. The number of benzene rings is 4. The fraction of sp³-hybridized carbons (Fsp3) is 0.164. The van der Waals surface area contributed by atoms with E-state index in [9.17, 15) is 0 Å². The largest absolute Gasteiger partial charge is 0.248 e. The third kappa shape index (κ3) is 7.89. The molecule has 0 unspecified atom stereocenters. The monoisotopic (exact) mass is 918 g/mol. The van der Waals surface area contributed by atoms with Crippen LogP contribution in [0, 0.1) is 56.6 Å². The minimum Gasteiger partial charge on any atom is -0.248 e. The van der Waals surface area contributed by atoms with Crippen LogP contribution in [0.25, 0.3) is 22.3 Å². The van der Waals surface area contributed by atoms with Gasteiger partial charge in [-0.1, -0.05) is 85.2 Å². The third-order valence-electron chi connectivity index (χ3n) is 11.3. The molecule has 4 nitrogen and oxygen atoms in total. The fourth-order valence-corrected chi connectivity index (χ4v) is 10.1. The molecule has 298 valence electrons. The standard InChI is InChI=1S/C55H47IN4Si/c1-32-26-34(3)50(35(4)27-32)54-46-20-16-42(57-46)52(39-13-10-12-38(30-39)24-25-61(7,8)9)43-17-21-47(58-43)55(51-36(5)28-33(2)29-37(51)6)49-23-19-45(60-49)53(44-18-22-48(54)59-44)40-14-11-15-41(56)31-40/h10-23,26-31H,1-9H3. The minimum absolute atomic E-state index is 0.845. The van der Waals surface area contributed by atoms with Crippen molar-refractivity contribution in [1.82, 2.24) is 0 Å². The van der Waals surface area contributed by atoms with Gasteiger partial charge in [-0.3, -0.25) is 0 Å². The number of rotatable bonds is 4. The molecule has 4 aromatic carbocycles. The summed E-state index contributed by atoms with van der Waals surface area (Å²) in [5.74, 6) is 3.50. The summed E-state index contributed by atoms with van der Waals surface area (Å²) in [5.41, 5.74) is 27.0. The number of allylic oxidation sites excluding steroid dienone is 12. The molecule has 6 heteroatoms. The molecular weight excluding hydrogens is 872 g/mol. The van der Waals surface area contributed by atoms with Crippen LogP contribution in [-0.2, 0) is 0 Å². The summed E-state index contributed by atoms with van der Waals surface area (Å²) in [4.78, 5) is 22.1. The molecule has 0 aromatic heterocycles. The smallest absolute Gasteiger partial charge is 0.129 e. The predicted octanol–water partition coefficient (Wildman–Crippen LogP) is 13.4. The molecule has 61 heavy (non-hydrogen) atoms. The zero-order valence-electron chi connectivity index (χ0n) is 36.2. The van der Waals surface area contributed by atoms with Crippen molar-refractivity contribution in [2.45, 2.75) is 61.2 Å². The van der Waals surface area contributed by atoms with Gasteiger partial charge in [0.25, 0.3) is 0 Å². The Morgan fingerprint density at radius 3 is 1.23 bits per heavy atom. The molecule has 5 aliphatic rings. The molecule has 0 atom stereocenters. The van der Waals surface area contributed by atoms with Gasteiger partial charge in [-0.15, -0.1) is 5.54 Å². The second-order valence-corrected chi connectivity index (χ2v) is 23.5.